The van der Waals surface area contributed by atoms with Gasteiger partial charge in [0.05, 0.1) is 6.61 Å². The van der Waals surface area contributed by atoms with E-state index < -0.39 is 5.97 Å². The highest BCUT2D eigenvalue weighted by Crippen LogP contribution is 2.12. The predicted molar refractivity (Wildman–Crippen MR) is 77.8 cm³/mol. The van der Waals surface area contributed by atoms with Crippen molar-refractivity contribution in [1.29, 1.82) is 0 Å². The number of urea groups is 1. The molecule has 0 bridgehead atoms. The van der Waals surface area contributed by atoms with Crippen LogP contribution < -0.4 is 0 Å². The number of ether oxygens (including phenoxy) is 1. The van der Waals surface area contributed by atoms with Crippen LogP contribution >= 0.6 is 0 Å². The number of aliphatic carboxylic acids is 1. The van der Waals surface area contributed by atoms with E-state index in [0.29, 0.717) is 19.7 Å². The van der Waals surface area contributed by atoms with E-state index in [4.69, 9.17) is 9.84 Å². The molecule has 0 fully saturated rings. The summed E-state index contributed by atoms with van der Waals surface area (Å²) in [6.45, 7) is 7.13. The Labute approximate surface area is 121 Å². The first-order valence-electron chi connectivity index (χ1n) is 7.27. The molecule has 0 aliphatic rings. The number of nitrogens with zero attached hydrogens (tertiary/aromatic N) is 2. The number of carbonyl (C=O) groups excluding carboxylic acids is 1. The molecular formula is C14H28N2O4. The maximum absolute atomic E-state index is 12.6. The Kier molecular flexibility index (Phi) is 9.80. The van der Waals surface area contributed by atoms with Crippen LogP contribution in [0.5, 0.6) is 0 Å². The second-order valence-electron chi connectivity index (χ2n) is 4.75. The van der Waals surface area contributed by atoms with Crippen molar-refractivity contribution < 1.29 is 19.4 Å². The zero-order valence-electron chi connectivity index (χ0n) is 13.1. The van der Waals surface area contributed by atoms with Gasteiger partial charge in [-0.2, -0.15) is 0 Å². The monoisotopic (exact) mass is 288 g/mol. The van der Waals surface area contributed by atoms with Crippen LogP contribution in [-0.4, -0.2) is 66.3 Å². The van der Waals surface area contributed by atoms with E-state index in [1.54, 1.807) is 12.0 Å². The topological polar surface area (TPSA) is 70.1 Å². The van der Waals surface area contributed by atoms with Gasteiger partial charge in [0.15, 0.2) is 0 Å². The molecule has 1 N–H and O–H groups in total. The van der Waals surface area contributed by atoms with Gasteiger partial charge in [0.1, 0.15) is 6.54 Å². The van der Waals surface area contributed by atoms with Crippen molar-refractivity contribution in [3.63, 3.8) is 0 Å². The molecule has 0 aromatic carbocycles. The average Bonchev–Trinajstić information content (AvgIpc) is 2.42. The second-order valence-corrected chi connectivity index (χ2v) is 4.75. The number of amides is 2. The van der Waals surface area contributed by atoms with Crippen LogP contribution in [0.2, 0.25) is 0 Å². The van der Waals surface area contributed by atoms with Gasteiger partial charge in [-0.25, -0.2) is 4.79 Å². The smallest absolute Gasteiger partial charge is 0.323 e. The lowest BCUT2D eigenvalue weighted by Crippen LogP contribution is -2.50. The van der Waals surface area contributed by atoms with E-state index in [1.807, 2.05) is 20.8 Å². The first kappa shape index (κ1) is 18.7. The van der Waals surface area contributed by atoms with Gasteiger partial charge in [0, 0.05) is 26.2 Å². The summed E-state index contributed by atoms with van der Waals surface area (Å²) in [5.41, 5.74) is 0. The van der Waals surface area contributed by atoms with Crippen LogP contribution in [0.4, 0.5) is 4.79 Å². The Bertz CT molecular complexity index is 293. The lowest BCUT2D eigenvalue weighted by molar-refractivity contribution is -0.137. The highest BCUT2D eigenvalue weighted by molar-refractivity contribution is 5.80. The average molecular weight is 288 g/mol. The largest absolute Gasteiger partial charge is 0.480 e. The van der Waals surface area contributed by atoms with E-state index in [9.17, 15) is 9.59 Å². The molecule has 0 heterocycles. The Hall–Kier alpha value is -1.30. The minimum absolute atomic E-state index is 0.116. The van der Waals surface area contributed by atoms with Crippen molar-refractivity contribution in [1.82, 2.24) is 9.80 Å². The number of hydrogen-bond donors (Lipinski definition) is 1. The van der Waals surface area contributed by atoms with Crippen molar-refractivity contribution in [2.24, 2.45) is 0 Å². The lowest BCUT2D eigenvalue weighted by Gasteiger charge is -2.34. The van der Waals surface area contributed by atoms with Crippen molar-refractivity contribution in [2.75, 3.05) is 33.4 Å². The summed E-state index contributed by atoms with van der Waals surface area (Å²) < 4.78 is 5.05. The third-order valence-corrected chi connectivity index (χ3v) is 3.26. The second kappa shape index (κ2) is 10.5. The summed E-state index contributed by atoms with van der Waals surface area (Å²) in [6, 6.07) is -0.0919. The van der Waals surface area contributed by atoms with Gasteiger partial charge < -0.3 is 19.6 Å². The molecule has 118 valence electrons. The first-order valence-corrected chi connectivity index (χ1v) is 7.27. The number of carboxylic acid groups (broad SMARTS) is 1. The molecule has 0 radical (unpaired) electrons. The van der Waals surface area contributed by atoms with Crippen LogP contribution in [0.3, 0.4) is 0 Å². The van der Waals surface area contributed by atoms with E-state index in [2.05, 4.69) is 0 Å². The third kappa shape index (κ3) is 6.23. The predicted octanol–water partition coefficient (Wildman–Crippen LogP) is 2.04. The number of methoxy groups -OCH3 is 1. The van der Waals surface area contributed by atoms with Crippen molar-refractivity contribution >= 4 is 12.0 Å². The Balaban J connectivity index is 4.97. The van der Waals surface area contributed by atoms with Crippen LogP contribution in [-0.2, 0) is 9.53 Å². The van der Waals surface area contributed by atoms with Gasteiger partial charge in [0.25, 0.3) is 0 Å². The van der Waals surface area contributed by atoms with Crippen LogP contribution in [0, 0.1) is 0 Å². The van der Waals surface area contributed by atoms with E-state index >= 15 is 0 Å². The summed E-state index contributed by atoms with van der Waals surface area (Å²) in [7, 11) is 1.59. The summed E-state index contributed by atoms with van der Waals surface area (Å²) in [6.07, 6.45) is 2.43. The molecule has 0 spiro atoms. The van der Waals surface area contributed by atoms with Gasteiger partial charge in [-0.1, -0.05) is 20.8 Å². The highest BCUT2D eigenvalue weighted by Gasteiger charge is 2.26. The quantitative estimate of drug-likeness (QED) is 0.668. The molecule has 0 atom stereocenters. The highest BCUT2D eigenvalue weighted by atomic mass is 16.5. The molecule has 0 rings (SSSR count). The Morgan fingerprint density at radius 2 is 1.75 bits per heavy atom. The zero-order chi connectivity index (χ0) is 15.5. The van der Waals surface area contributed by atoms with Crippen LogP contribution in [0.25, 0.3) is 0 Å². The summed E-state index contributed by atoms with van der Waals surface area (Å²) >= 11 is 0. The Morgan fingerprint density at radius 3 is 2.15 bits per heavy atom. The summed E-state index contributed by atoms with van der Waals surface area (Å²) in [4.78, 5) is 26.6. The van der Waals surface area contributed by atoms with Crippen LogP contribution in [0.15, 0.2) is 0 Å². The molecule has 20 heavy (non-hydrogen) atoms. The maximum Gasteiger partial charge on any atom is 0.323 e. The molecule has 6 heteroatoms. The number of carboxylic acids is 1. The van der Waals surface area contributed by atoms with Crippen molar-refractivity contribution in [3.05, 3.63) is 0 Å². The van der Waals surface area contributed by atoms with Crippen LogP contribution in [0.1, 0.15) is 40.0 Å². The molecule has 2 amide bonds. The van der Waals surface area contributed by atoms with Gasteiger partial charge in [-0.15, -0.1) is 0 Å². The minimum Gasteiger partial charge on any atom is -0.480 e. The number of carbonyl (C=O) groups is 2. The maximum atomic E-state index is 12.6. The van der Waals surface area contributed by atoms with Gasteiger partial charge in [-0.3, -0.25) is 4.79 Å². The fourth-order valence-electron chi connectivity index (χ4n) is 2.21. The fraction of sp³-hybridized carbons (Fsp3) is 0.857. The van der Waals surface area contributed by atoms with Gasteiger partial charge >= 0.3 is 12.0 Å². The van der Waals surface area contributed by atoms with E-state index in [0.717, 1.165) is 19.3 Å². The molecular weight excluding hydrogens is 260 g/mol. The molecule has 0 saturated carbocycles. The molecule has 6 nitrogen and oxygen atoms in total. The standard InChI is InChI=1S/C14H28N2O4/c1-5-8-15(11-13(17)18)14(19)16(9-10-20-4)12(6-2)7-3/h12H,5-11H2,1-4H3,(H,17,18). The first-order chi connectivity index (χ1) is 9.51. The fourth-order valence-corrected chi connectivity index (χ4v) is 2.21. The summed E-state index contributed by atoms with van der Waals surface area (Å²) in [5.74, 6) is -0.983. The summed E-state index contributed by atoms with van der Waals surface area (Å²) in [5, 5.41) is 8.93. The third-order valence-electron chi connectivity index (χ3n) is 3.26. The van der Waals surface area contributed by atoms with Crippen molar-refractivity contribution in [2.45, 2.75) is 46.1 Å². The molecule has 0 aliphatic carbocycles. The number of rotatable bonds is 10. The van der Waals surface area contributed by atoms with Gasteiger partial charge in [-0.05, 0) is 19.3 Å². The molecule has 0 unspecified atom stereocenters. The molecule has 0 saturated heterocycles. The van der Waals surface area contributed by atoms with E-state index in [1.165, 1.54) is 4.90 Å². The molecule has 0 aromatic rings. The normalized spacial score (nSPS) is 10.7. The minimum atomic E-state index is -0.983. The van der Waals surface area contributed by atoms with Crippen molar-refractivity contribution in [3.8, 4) is 0 Å². The molecule has 0 aliphatic heterocycles. The van der Waals surface area contributed by atoms with E-state index in [-0.39, 0.29) is 18.6 Å². The Morgan fingerprint density at radius 1 is 1.15 bits per heavy atom. The number of hydrogen-bond acceptors (Lipinski definition) is 3. The zero-order valence-corrected chi connectivity index (χ0v) is 13.1. The lowest BCUT2D eigenvalue weighted by atomic mass is 10.1. The molecule has 0 aromatic heterocycles. The SMILES string of the molecule is CCCN(CC(=O)O)C(=O)N(CCOC)C(CC)CC. The van der Waals surface area contributed by atoms with Gasteiger partial charge in [0.2, 0.25) is 0 Å².